The lowest BCUT2D eigenvalue weighted by atomic mass is 9.75. The van der Waals surface area contributed by atoms with Gasteiger partial charge in [-0.1, -0.05) is 87.9 Å². The molecule has 2 aromatic rings. The first-order valence-electron chi connectivity index (χ1n) is 11.1. The standard InChI is InChI=1S/C27H34O3/c1-18(2)23-16-15-19(3)17-24(23)30-27(29)25(20(4)21-11-7-5-8-12-21)26(28)22-13-9-6-10-14-22/h5-14,18-19,23-24,26,28H,15-17H2,1-4H3/b25-20-/t19-,23+,24-,26-/m1/s1. The Labute approximate surface area is 180 Å². The number of benzene rings is 2. The van der Waals surface area contributed by atoms with Gasteiger partial charge in [0.05, 0.1) is 5.57 Å². The van der Waals surface area contributed by atoms with Crippen LogP contribution in [-0.2, 0) is 9.53 Å². The van der Waals surface area contributed by atoms with E-state index < -0.39 is 12.1 Å². The van der Waals surface area contributed by atoms with E-state index in [1.165, 1.54) is 6.42 Å². The zero-order chi connectivity index (χ0) is 21.7. The van der Waals surface area contributed by atoms with E-state index in [9.17, 15) is 9.90 Å². The molecule has 0 spiro atoms. The van der Waals surface area contributed by atoms with Gasteiger partial charge in [-0.2, -0.15) is 0 Å². The van der Waals surface area contributed by atoms with Gasteiger partial charge in [0.25, 0.3) is 0 Å². The summed E-state index contributed by atoms with van der Waals surface area (Å²) < 4.78 is 6.13. The number of aliphatic hydroxyl groups excluding tert-OH is 1. The van der Waals surface area contributed by atoms with Crippen LogP contribution in [0.1, 0.15) is 64.2 Å². The molecule has 0 bridgehead atoms. The first kappa shape index (κ1) is 22.3. The van der Waals surface area contributed by atoms with Gasteiger partial charge in [-0.25, -0.2) is 4.79 Å². The number of rotatable bonds is 6. The van der Waals surface area contributed by atoms with Crippen LogP contribution in [0.2, 0.25) is 0 Å². The molecule has 3 rings (SSSR count). The number of aliphatic hydroxyl groups is 1. The molecule has 1 aliphatic carbocycles. The highest BCUT2D eigenvalue weighted by molar-refractivity contribution is 5.98. The molecular formula is C27H34O3. The summed E-state index contributed by atoms with van der Waals surface area (Å²) in [5.74, 6) is 0.950. The van der Waals surface area contributed by atoms with Crippen molar-refractivity contribution < 1.29 is 14.6 Å². The van der Waals surface area contributed by atoms with Crippen LogP contribution in [-0.4, -0.2) is 17.2 Å². The zero-order valence-electron chi connectivity index (χ0n) is 18.5. The number of carbonyl (C=O) groups is 1. The zero-order valence-corrected chi connectivity index (χ0v) is 18.5. The summed E-state index contributed by atoms with van der Waals surface area (Å²) in [5.41, 5.74) is 2.68. The van der Waals surface area contributed by atoms with E-state index in [2.05, 4.69) is 20.8 Å². The van der Waals surface area contributed by atoms with E-state index >= 15 is 0 Å². The van der Waals surface area contributed by atoms with Gasteiger partial charge >= 0.3 is 5.97 Å². The molecule has 0 unspecified atom stereocenters. The van der Waals surface area contributed by atoms with Gasteiger partial charge < -0.3 is 9.84 Å². The second kappa shape index (κ2) is 10.1. The van der Waals surface area contributed by atoms with Crippen molar-refractivity contribution in [3.8, 4) is 0 Å². The summed E-state index contributed by atoms with van der Waals surface area (Å²) in [7, 11) is 0. The summed E-state index contributed by atoms with van der Waals surface area (Å²) in [5, 5.41) is 11.2. The normalized spacial score (nSPS) is 23.6. The van der Waals surface area contributed by atoms with Crippen LogP contribution in [0.15, 0.2) is 66.2 Å². The lowest BCUT2D eigenvalue weighted by molar-refractivity contribution is -0.152. The number of carbonyl (C=O) groups excluding carboxylic acids is 1. The Balaban J connectivity index is 1.96. The van der Waals surface area contributed by atoms with Crippen molar-refractivity contribution in [2.45, 2.75) is 59.2 Å². The number of hydrogen-bond acceptors (Lipinski definition) is 3. The molecule has 1 saturated carbocycles. The van der Waals surface area contributed by atoms with Crippen LogP contribution in [0.25, 0.3) is 5.57 Å². The summed E-state index contributed by atoms with van der Waals surface area (Å²) in [6.07, 6.45) is 2.00. The van der Waals surface area contributed by atoms with Crippen molar-refractivity contribution >= 4 is 11.5 Å². The van der Waals surface area contributed by atoms with Crippen molar-refractivity contribution in [2.75, 3.05) is 0 Å². The van der Waals surface area contributed by atoms with Crippen LogP contribution in [0.3, 0.4) is 0 Å². The highest BCUT2D eigenvalue weighted by Crippen LogP contribution is 2.37. The average Bonchev–Trinajstić information content (AvgIpc) is 2.74. The molecule has 0 aromatic heterocycles. The van der Waals surface area contributed by atoms with Crippen LogP contribution < -0.4 is 0 Å². The van der Waals surface area contributed by atoms with Crippen molar-refractivity contribution in [1.29, 1.82) is 0 Å². The summed E-state index contributed by atoms with van der Waals surface area (Å²) in [6, 6.07) is 19.1. The van der Waals surface area contributed by atoms with E-state index in [-0.39, 0.29) is 6.10 Å². The van der Waals surface area contributed by atoms with E-state index in [0.717, 1.165) is 24.0 Å². The summed E-state index contributed by atoms with van der Waals surface area (Å²) in [4.78, 5) is 13.5. The topological polar surface area (TPSA) is 46.5 Å². The molecule has 1 aliphatic rings. The Morgan fingerprint density at radius 2 is 1.60 bits per heavy atom. The molecule has 30 heavy (non-hydrogen) atoms. The molecule has 0 amide bonds. The quantitative estimate of drug-likeness (QED) is 0.459. The molecule has 0 aliphatic heterocycles. The van der Waals surface area contributed by atoms with E-state index in [4.69, 9.17) is 4.74 Å². The summed E-state index contributed by atoms with van der Waals surface area (Å²) >= 11 is 0. The highest BCUT2D eigenvalue weighted by Gasteiger charge is 2.35. The third-order valence-corrected chi connectivity index (χ3v) is 6.44. The third-order valence-electron chi connectivity index (χ3n) is 6.44. The van der Waals surface area contributed by atoms with Crippen LogP contribution in [0.5, 0.6) is 0 Å². The van der Waals surface area contributed by atoms with Crippen LogP contribution in [0.4, 0.5) is 0 Å². The Hall–Kier alpha value is -2.39. The SMILES string of the molecule is C/C(=C(/C(=O)O[C@@H]1C[C@H](C)CC[C@H]1C(C)C)[C@H](O)c1ccccc1)c1ccccc1. The van der Waals surface area contributed by atoms with E-state index in [1.54, 1.807) is 0 Å². The summed E-state index contributed by atoms with van der Waals surface area (Å²) in [6.45, 7) is 8.52. The highest BCUT2D eigenvalue weighted by atomic mass is 16.5. The number of allylic oxidation sites excluding steroid dienone is 1. The monoisotopic (exact) mass is 406 g/mol. The minimum Gasteiger partial charge on any atom is -0.459 e. The maximum absolute atomic E-state index is 13.5. The molecule has 3 nitrogen and oxygen atoms in total. The first-order chi connectivity index (χ1) is 14.4. The molecule has 2 aromatic carbocycles. The maximum atomic E-state index is 13.5. The van der Waals surface area contributed by atoms with Crippen molar-refractivity contribution in [2.24, 2.45) is 17.8 Å². The van der Waals surface area contributed by atoms with Crippen LogP contribution >= 0.6 is 0 Å². The molecule has 160 valence electrons. The Morgan fingerprint density at radius 1 is 1.00 bits per heavy atom. The molecule has 3 heteroatoms. The smallest absolute Gasteiger partial charge is 0.337 e. The predicted molar refractivity (Wildman–Crippen MR) is 122 cm³/mol. The van der Waals surface area contributed by atoms with Gasteiger partial charge in [0.15, 0.2) is 0 Å². The molecule has 1 N–H and O–H groups in total. The van der Waals surface area contributed by atoms with Gasteiger partial charge in [0.1, 0.15) is 12.2 Å². The van der Waals surface area contributed by atoms with Gasteiger partial charge in [-0.3, -0.25) is 0 Å². The minimum absolute atomic E-state index is 0.109. The van der Waals surface area contributed by atoms with Crippen molar-refractivity contribution in [3.05, 3.63) is 77.4 Å². The lowest BCUT2D eigenvalue weighted by Gasteiger charge is -2.37. The molecule has 4 atom stereocenters. The van der Waals surface area contributed by atoms with Gasteiger partial charge in [-0.15, -0.1) is 0 Å². The Bertz CT molecular complexity index is 854. The average molecular weight is 407 g/mol. The Morgan fingerprint density at radius 3 is 2.20 bits per heavy atom. The minimum atomic E-state index is -1.03. The second-order valence-electron chi connectivity index (χ2n) is 8.99. The molecule has 0 heterocycles. The third kappa shape index (κ3) is 5.20. The molecule has 0 saturated heterocycles. The second-order valence-corrected chi connectivity index (χ2v) is 8.99. The largest absolute Gasteiger partial charge is 0.459 e. The first-order valence-corrected chi connectivity index (χ1v) is 11.1. The van der Waals surface area contributed by atoms with Crippen molar-refractivity contribution in [1.82, 2.24) is 0 Å². The van der Waals surface area contributed by atoms with Crippen molar-refractivity contribution in [3.63, 3.8) is 0 Å². The fourth-order valence-electron chi connectivity index (χ4n) is 4.57. The van der Waals surface area contributed by atoms with Gasteiger partial charge in [0, 0.05) is 0 Å². The maximum Gasteiger partial charge on any atom is 0.337 e. The molecule has 1 fully saturated rings. The molecule has 0 radical (unpaired) electrons. The lowest BCUT2D eigenvalue weighted by Crippen LogP contribution is -2.36. The number of esters is 1. The van der Waals surface area contributed by atoms with Gasteiger partial charge in [0.2, 0.25) is 0 Å². The fraction of sp³-hybridized carbons (Fsp3) is 0.444. The molecular weight excluding hydrogens is 372 g/mol. The fourth-order valence-corrected chi connectivity index (χ4v) is 4.57. The van der Waals surface area contributed by atoms with Crippen LogP contribution in [0, 0.1) is 17.8 Å². The number of hydrogen-bond donors (Lipinski definition) is 1. The predicted octanol–water partition coefficient (Wildman–Crippen LogP) is 6.20. The number of ether oxygens (including phenoxy) is 1. The van der Waals surface area contributed by atoms with E-state index in [1.807, 2.05) is 67.6 Å². The van der Waals surface area contributed by atoms with Gasteiger partial charge in [-0.05, 0) is 54.2 Å². The van der Waals surface area contributed by atoms with E-state index in [0.29, 0.717) is 28.9 Å². The Kier molecular flexibility index (Phi) is 7.49.